The van der Waals surface area contributed by atoms with Crippen molar-refractivity contribution in [3.63, 3.8) is 0 Å². The molecule has 0 atom stereocenters. The number of hydrogen-bond acceptors (Lipinski definition) is 4. The number of aliphatic carboxylic acids is 1. The first-order valence-corrected chi connectivity index (χ1v) is 11.5. The van der Waals surface area contributed by atoms with Crippen LogP contribution in [0.1, 0.15) is 23.1 Å². The van der Waals surface area contributed by atoms with Crippen molar-refractivity contribution in [3.05, 3.63) is 112 Å². The number of carbonyl (C=O) groups is 2. The average Bonchev–Trinajstić information content (AvgIpc) is 2.85. The zero-order valence-corrected chi connectivity index (χ0v) is 19.8. The van der Waals surface area contributed by atoms with Crippen LogP contribution in [0.5, 0.6) is 0 Å². The Labute approximate surface area is 208 Å². The SMILES string of the molecule is Cc1cccc(NC(=O)Nc2ccc(-c3cccn(Cc4ccc(CCC(=O)O)cc4)c3=O)nc2)c1. The minimum absolute atomic E-state index is 0.0829. The van der Waals surface area contributed by atoms with E-state index < -0.39 is 5.97 Å². The van der Waals surface area contributed by atoms with E-state index in [1.165, 1.54) is 6.20 Å². The number of amides is 2. The van der Waals surface area contributed by atoms with Gasteiger partial charge >= 0.3 is 12.0 Å². The second-order valence-electron chi connectivity index (χ2n) is 8.45. The maximum Gasteiger partial charge on any atom is 0.323 e. The van der Waals surface area contributed by atoms with Gasteiger partial charge in [-0.2, -0.15) is 0 Å². The van der Waals surface area contributed by atoms with Crippen LogP contribution in [-0.4, -0.2) is 26.7 Å². The van der Waals surface area contributed by atoms with E-state index in [2.05, 4.69) is 15.6 Å². The molecule has 0 saturated carbocycles. The smallest absolute Gasteiger partial charge is 0.323 e. The number of anilines is 2. The Morgan fingerprint density at radius 1 is 0.917 bits per heavy atom. The molecule has 0 unspecified atom stereocenters. The highest BCUT2D eigenvalue weighted by molar-refractivity contribution is 5.99. The van der Waals surface area contributed by atoms with Gasteiger partial charge in [0.05, 0.1) is 29.7 Å². The first kappa shape index (κ1) is 24.4. The van der Waals surface area contributed by atoms with Crippen LogP contribution in [0.3, 0.4) is 0 Å². The van der Waals surface area contributed by atoms with E-state index in [-0.39, 0.29) is 18.0 Å². The third-order valence-electron chi connectivity index (χ3n) is 5.60. The van der Waals surface area contributed by atoms with Crippen LogP contribution in [0.25, 0.3) is 11.3 Å². The lowest BCUT2D eigenvalue weighted by Crippen LogP contribution is -2.22. The van der Waals surface area contributed by atoms with E-state index in [1.54, 1.807) is 35.0 Å². The van der Waals surface area contributed by atoms with Crippen molar-refractivity contribution >= 4 is 23.4 Å². The number of benzene rings is 2. The highest BCUT2D eigenvalue weighted by atomic mass is 16.4. The normalized spacial score (nSPS) is 10.6. The van der Waals surface area contributed by atoms with Crippen LogP contribution in [0.2, 0.25) is 0 Å². The summed E-state index contributed by atoms with van der Waals surface area (Å²) >= 11 is 0. The molecule has 0 aliphatic rings. The molecule has 2 heterocycles. The van der Waals surface area contributed by atoms with Crippen molar-refractivity contribution in [1.82, 2.24) is 9.55 Å². The molecule has 3 N–H and O–H groups in total. The van der Waals surface area contributed by atoms with Gasteiger partial charge in [-0.05, 0) is 66.4 Å². The second kappa shape index (κ2) is 11.1. The molecule has 2 aromatic carbocycles. The van der Waals surface area contributed by atoms with Crippen LogP contribution in [0.15, 0.2) is 90.0 Å². The summed E-state index contributed by atoms with van der Waals surface area (Å²) in [6.45, 7) is 2.33. The monoisotopic (exact) mass is 482 g/mol. The molecule has 4 rings (SSSR count). The number of aromatic nitrogens is 2. The third-order valence-corrected chi connectivity index (χ3v) is 5.60. The zero-order valence-electron chi connectivity index (χ0n) is 19.8. The number of nitrogens with one attached hydrogen (secondary N) is 2. The number of rotatable bonds is 8. The first-order chi connectivity index (χ1) is 17.4. The minimum atomic E-state index is -0.828. The Hall–Kier alpha value is -4.72. The van der Waals surface area contributed by atoms with Gasteiger partial charge in [-0.25, -0.2) is 4.79 Å². The maximum atomic E-state index is 13.1. The first-order valence-electron chi connectivity index (χ1n) is 11.5. The fourth-order valence-electron chi connectivity index (χ4n) is 3.76. The van der Waals surface area contributed by atoms with E-state index in [4.69, 9.17) is 5.11 Å². The summed E-state index contributed by atoms with van der Waals surface area (Å²) in [6, 6.07) is 21.6. The molecule has 0 spiro atoms. The standard InChI is InChI=1S/C28H26N4O4/c1-19-4-2-5-22(16-19)30-28(36)31-23-12-13-25(29-17-23)24-6-3-15-32(27(24)35)18-21-9-7-20(8-10-21)11-14-26(33)34/h2-10,12-13,15-17H,11,14,18H2,1H3,(H,33,34)(H2,30,31,36). The van der Waals surface area contributed by atoms with Crippen LogP contribution < -0.4 is 16.2 Å². The fraction of sp³-hybridized carbons (Fsp3) is 0.143. The summed E-state index contributed by atoms with van der Waals surface area (Å²) in [6.07, 6.45) is 3.78. The average molecular weight is 483 g/mol. The number of nitrogens with zero attached hydrogens (tertiary/aromatic N) is 2. The van der Waals surface area contributed by atoms with Gasteiger partial charge in [-0.15, -0.1) is 0 Å². The Balaban J connectivity index is 1.42. The number of carboxylic acid groups (broad SMARTS) is 1. The molecular formula is C28H26N4O4. The number of hydrogen-bond donors (Lipinski definition) is 3. The fourth-order valence-corrected chi connectivity index (χ4v) is 3.76. The number of carbonyl (C=O) groups excluding carboxylic acids is 1. The molecule has 182 valence electrons. The molecule has 0 fully saturated rings. The van der Waals surface area contributed by atoms with Crippen LogP contribution in [0.4, 0.5) is 16.2 Å². The van der Waals surface area contributed by atoms with Crippen LogP contribution in [0, 0.1) is 6.92 Å². The van der Waals surface area contributed by atoms with Gasteiger partial charge in [0, 0.05) is 18.3 Å². The van der Waals surface area contributed by atoms with Crippen molar-refractivity contribution in [2.45, 2.75) is 26.3 Å². The summed E-state index contributed by atoms with van der Waals surface area (Å²) in [5, 5.41) is 14.3. The highest BCUT2D eigenvalue weighted by Crippen LogP contribution is 2.17. The lowest BCUT2D eigenvalue weighted by Gasteiger charge is -2.10. The van der Waals surface area contributed by atoms with Crippen LogP contribution >= 0.6 is 0 Å². The van der Waals surface area contributed by atoms with Gasteiger partial charge < -0.3 is 20.3 Å². The third kappa shape index (κ3) is 6.44. The van der Waals surface area contributed by atoms with Gasteiger partial charge in [-0.1, -0.05) is 36.4 Å². The number of pyridine rings is 2. The van der Waals surface area contributed by atoms with E-state index in [0.717, 1.165) is 16.7 Å². The molecular weight excluding hydrogens is 456 g/mol. The Morgan fingerprint density at radius 3 is 2.36 bits per heavy atom. The number of aryl methyl sites for hydroxylation is 2. The molecule has 0 radical (unpaired) electrons. The molecule has 2 aromatic heterocycles. The summed E-state index contributed by atoms with van der Waals surface area (Å²) < 4.78 is 1.60. The predicted molar refractivity (Wildman–Crippen MR) is 139 cm³/mol. The lowest BCUT2D eigenvalue weighted by atomic mass is 10.1. The van der Waals surface area contributed by atoms with E-state index in [1.807, 2.05) is 55.5 Å². The Bertz CT molecular complexity index is 1430. The molecule has 2 amide bonds. The lowest BCUT2D eigenvalue weighted by molar-refractivity contribution is -0.136. The van der Waals surface area contributed by atoms with Crippen molar-refractivity contribution in [1.29, 1.82) is 0 Å². The van der Waals surface area contributed by atoms with Gasteiger partial charge in [-0.3, -0.25) is 14.6 Å². The van der Waals surface area contributed by atoms with Crippen LogP contribution in [-0.2, 0) is 17.8 Å². The van der Waals surface area contributed by atoms with Gasteiger partial charge in [0.15, 0.2) is 0 Å². The molecule has 0 bridgehead atoms. The van der Waals surface area contributed by atoms with Crippen molar-refractivity contribution in [3.8, 4) is 11.3 Å². The molecule has 0 aliphatic carbocycles. The number of urea groups is 1. The highest BCUT2D eigenvalue weighted by Gasteiger charge is 2.09. The molecule has 8 nitrogen and oxygen atoms in total. The van der Waals surface area contributed by atoms with Crippen molar-refractivity contribution in [2.75, 3.05) is 10.6 Å². The Morgan fingerprint density at radius 2 is 1.67 bits per heavy atom. The minimum Gasteiger partial charge on any atom is -0.481 e. The maximum absolute atomic E-state index is 13.1. The molecule has 0 aliphatic heterocycles. The quantitative estimate of drug-likeness (QED) is 0.330. The number of carboxylic acids is 1. The van der Waals surface area contributed by atoms with Crippen molar-refractivity contribution < 1.29 is 14.7 Å². The van der Waals surface area contributed by atoms with Crippen molar-refractivity contribution in [2.24, 2.45) is 0 Å². The molecule has 36 heavy (non-hydrogen) atoms. The van der Waals surface area contributed by atoms with Gasteiger partial charge in [0.1, 0.15) is 0 Å². The Kier molecular flexibility index (Phi) is 7.55. The van der Waals surface area contributed by atoms with Gasteiger partial charge in [0.25, 0.3) is 5.56 Å². The predicted octanol–water partition coefficient (Wildman–Crippen LogP) is 4.93. The van der Waals surface area contributed by atoms with E-state index >= 15 is 0 Å². The topological polar surface area (TPSA) is 113 Å². The van der Waals surface area contributed by atoms with Gasteiger partial charge in [0.2, 0.25) is 0 Å². The molecule has 8 heteroatoms. The summed E-state index contributed by atoms with van der Waals surface area (Å²) in [5.74, 6) is -0.828. The zero-order chi connectivity index (χ0) is 25.5. The van der Waals surface area contributed by atoms with E-state index in [9.17, 15) is 14.4 Å². The van der Waals surface area contributed by atoms with E-state index in [0.29, 0.717) is 35.6 Å². The summed E-state index contributed by atoms with van der Waals surface area (Å²) in [4.78, 5) is 40.5. The summed E-state index contributed by atoms with van der Waals surface area (Å²) in [5.41, 5.74) is 4.88. The second-order valence-corrected chi connectivity index (χ2v) is 8.45. The largest absolute Gasteiger partial charge is 0.481 e. The molecule has 0 saturated heterocycles. The summed E-state index contributed by atoms with van der Waals surface area (Å²) in [7, 11) is 0. The molecule has 4 aromatic rings.